The number of benzene rings is 2. The predicted molar refractivity (Wildman–Crippen MR) is 120 cm³/mol. The zero-order valence-corrected chi connectivity index (χ0v) is 17.3. The lowest BCUT2D eigenvalue weighted by Crippen LogP contribution is -2.12. The highest BCUT2D eigenvalue weighted by molar-refractivity contribution is 6.30. The molecule has 1 amide bonds. The molecular weight excluding hydrogens is 414 g/mol. The van der Waals surface area contributed by atoms with Gasteiger partial charge in [-0.15, -0.1) is 0 Å². The van der Waals surface area contributed by atoms with Gasteiger partial charge in [-0.2, -0.15) is 0 Å². The van der Waals surface area contributed by atoms with Crippen LogP contribution in [0.15, 0.2) is 87.9 Å². The summed E-state index contributed by atoms with van der Waals surface area (Å²) in [6, 6.07) is 19.2. The van der Waals surface area contributed by atoms with Gasteiger partial charge in [-0.25, -0.2) is 0 Å². The Balaban J connectivity index is 1.39. The Kier molecular flexibility index (Phi) is 5.87. The first-order valence-corrected chi connectivity index (χ1v) is 9.91. The van der Waals surface area contributed by atoms with Crippen LogP contribution in [0.1, 0.15) is 32.2 Å². The third-order valence-corrected chi connectivity index (χ3v) is 4.94. The van der Waals surface area contributed by atoms with Crippen molar-refractivity contribution in [3.63, 3.8) is 0 Å². The minimum Gasteiger partial charge on any atom is -0.469 e. The molecule has 2 heterocycles. The van der Waals surface area contributed by atoms with Gasteiger partial charge in [0.2, 0.25) is 0 Å². The normalized spacial score (nSPS) is 11.0. The number of ketones is 1. The molecule has 0 unspecified atom stereocenters. The molecule has 0 radical (unpaired) electrons. The van der Waals surface area contributed by atoms with Gasteiger partial charge in [0.05, 0.1) is 11.8 Å². The summed E-state index contributed by atoms with van der Waals surface area (Å²) in [6.45, 7) is 1.72. The van der Waals surface area contributed by atoms with Crippen LogP contribution >= 0.6 is 11.6 Å². The molecule has 154 valence electrons. The van der Waals surface area contributed by atoms with Gasteiger partial charge in [-0.3, -0.25) is 9.59 Å². The fourth-order valence-electron chi connectivity index (χ4n) is 3.00. The number of rotatable bonds is 6. The fraction of sp³-hybridized carbons (Fsp3) is 0.0400. The van der Waals surface area contributed by atoms with E-state index in [0.29, 0.717) is 39.1 Å². The molecule has 1 N–H and O–H groups in total. The molecule has 0 atom stereocenters. The highest BCUT2D eigenvalue weighted by Crippen LogP contribution is 2.24. The third-order valence-electron chi connectivity index (χ3n) is 4.69. The van der Waals surface area contributed by atoms with Crippen LogP contribution in [0.3, 0.4) is 0 Å². The van der Waals surface area contributed by atoms with Gasteiger partial charge in [0, 0.05) is 21.8 Å². The van der Waals surface area contributed by atoms with Gasteiger partial charge in [-0.05, 0) is 85.8 Å². The van der Waals surface area contributed by atoms with Crippen LogP contribution in [0, 0.1) is 6.92 Å². The van der Waals surface area contributed by atoms with Gasteiger partial charge >= 0.3 is 0 Å². The summed E-state index contributed by atoms with van der Waals surface area (Å²) >= 11 is 5.91. The van der Waals surface area contributed by atoms with Crippen LogP contribution in [0.5, 0.6) is 0 Å². The summed E-state index contributed by atoms with van der Waals surface area (Å²) in [4.78, 5) is 24.7. The molecule has 2 aromatic carbocycles. The molecule has 0 saturated carbocycles. The number of hydrogen-bond acceptors (Lipinski definition) is 4. The van der Waals surface area contributed by atoms with E-state index in [1.165, 1.54) is 12.3 Å². The van der Waals surface area contributed by atoms with Gasteiger partial charge in [0.1, 0.15) is 17.3 Å². The number of allylic oxidation sites excluding steroid dienone is 1. The Morgan fingerprint density at radius 3 is 2.35 bits per heavy atom. The second-order valence-electron chi connectivity index (χ2n) is 6.83. The van der Waals surface area contributed by atoms with E-state index in [9.17, 15) is 9.59 Å². The molecule has 4 rings (SSSR count). The molecule has 5 nitrogen and oxygen atoms in total. The molecule has 6 heteroatoms. The van der Waals surface area contributed by atoms with E-state index < -0.39 is 0 Å². The average molecular weight is 432 g/mol. The zero-order valence-electron chi connectivity index (χ0n) is 16.6. The first-order chi connectivity index (χ1) is 15.0. The van der Waals surface area contributed by atoms with Crippen LogP contribution in [0.4, 0.5) is 5.69 Å². The number of halogens is 1. The highest BCUT2D eigenvalue weighted by Gasteiger charge is 2.12. The van der Waals surface area contributed by atoms with Gasteiger partial charge in [0.15, 0.2) is 5.78 Å². The first kappa shape index (κ1) is 20.4. The van der Waals surface area contributed by atoms with Crippen molar-refractivity contribution in [3.05, 3.63) is 107 Å². The number of aryl methyl sites for hydroxylation is 1. The number of anilines is 1. The van der Waals surface area contributed by atoms with Crippen molar-refractivity contribution in [2.45, 2.75) is 6.92 Å². The number of nitrogens with one attached hydrogen (secondary N) is 1. The molecule has 0 aliphatic rings. The minimum absolute atomic E-state index is 0.173. The first-order valence-electron chi connectivity index (χ1n) is 9.53. The Morgan fingerprint density at radius 2 is 1.68 bits per heavy atom. The molecular formula is C25H18ClNO4. The van der Waals surface area contributed by atoms with Crippen molar-refractivity contribution in [1.29, 1.82) is 0 Å². The van der Waals surface area contributed by atoms with Crippen LogP contribution < -0.4 is 5.32 Å². The van der Waals surface area contributed by atoms with E-state index >= 15 is 0 Å². The van der Waals surface area contributed by atoms with E-state index in [2.05, 4.69) is 5.32 Å². The molecule has 0 aliphatic carbocycles. The van der Waals surface area contributed by atoms with Gasteiger partial charge in [-0.1, -0.05) is 11.6 Å². The number of amides is 1. The van der Waals surface area contributed by atoms with Crippen molar-refractivity contribution >= 4 is 35.1 Å². The average Bonchev–Trinajstić information content (AvgIpc) is 3.42. The SMILES string of the molecule is Cc1occc1C(=O)Nc1ccc(C(=O)/C=C/c2ccc(-c3ccc(Cl)cc3)o2)cc1. The third kappa shape index (κ3) is 4.85. The largest absolute Gasteiger partial charge is 0.469 e. The maximum atomic E-state index is 12.5. The second-order valence-corrected chi connectivity index (χ2v) is 7.26. The Bertz CT molecular complexity index is 1250. The second kappa shape index (κ2) is 8.90. The van der Waals surface area contributed by atoms with Crippen LogP contribution in [-0.2, 0) is 0 Å². The van der Waals surface area contributed by atoms with Crippen molar-refractivity contribution in [2.24, 2.45) is 0 Å². The highest BCUT2D eigenvalue weighted by atomic mass is 35.5. The quantitative estimate of drug-likeness (QED) is 0.274. The Labute approximate surface area is 184 Å². The molecule has 31 heavy (non-hydrogen) atoms. The maximum Gasteiger partial charge on any atom is 0.259 e. The maximum absolute atomic E-state index is 12.5. The number of hydrogen-bond donors (Lipinski definition) is 1. The number of carbonyl (C=O) groups excluding carboxylic acids is 2. The summed E-state index contributed by atoms with van der Waals surface area (Å²) in [5, 5.41) is 3.44. The number of furan rings is 2. The molecule has 0 spiro atoms. The molecule has 0 fully saturated rings. The minimum atomic E-state index is -0.264. The molecule has 0 saturated heterocycles. The van der Waals surface area contributed by atoms with Crippen molar-refractivity contribution in [1.82, 2.24) is 0 Å². The molecule has 0 bridgehead atoms. The van der Waals surface area contributed by atoms with Gasteiger partial charge < -0.3 is 14.2 Å². The van der Waals surface area contributed by atoms with E-state index in [4.69, 9.17) is 20.4 Å². The van der Waals surface area contributed by atoms with E-state index in [0.717, 1.165) is 5.56 Å². The molecule has 2 aromatic heterocycles. The van der Waals surface area contributed by atoms with E-state index in [1.54, 1.807) is 61.5 Å². The summed E-state index contributed by atoms with van der Waals surface area (Å²) in [5.41, 5.74) is 2.46. The molecule has 0 aliphatic heterocycles. The van der Waals surface area contributed by atoms with Crippen LogP contribution in [0.25, 0.3) is 17.4 Å². The van der Waals surface area contributed by atoms with Gasteiger partial charge in [0.25, 0.3) is 5.91 Å². The lowest BCUT2D eigenvalue weighted by molar-refractivity contribution is 0.102. The Hall–Kier alpha value is -3.83. The van der Waals surface area contributed by atoms with Crippen molar-refractivity contribution < 1.29 is 18.4 Å². The molecule has 4 aromatic rings. The topological polar surface area (TPSA) is 72.5 Å². The lowest BCUT2D eigenvalue weighted by Gasteiger charge is -2.05. The van der Waals surface area contributed by atoms with Crippen molar-refractivity contribution in [2.75, 3.05) is 5.32 Å². The summed E-state index contributed by atoms with van der Waals surface area (Å²) in [5.74, 6) is 1.37. The zero-order chi connectivity index (χ0) is 21.8. The smallest absolute Gasteiger partial charge is 0.259 e. The van der Waals surface area contributed by atoms with Crippen molar-refractivity contribution in [3.8, 4) is 11.3 Å². The fourth-order valence-corrected chi connectivity index (χ4v) is 3.13. The Morgan fingerprint density at radius 1 is 0.935 bits per heavy atom. The number of carbonyl (C=O) groups is 2. The standard InChI is InChI=1S/C25H18ClNO4/c1-16-22(14-15-30-16)25(29)27-20-8-4-17(5-9-20)23(28)12-10-21-11-13-24(31-21)18-2-6-19(26)7-3-18/h2-15H,1H3,(H,27,29)/b12-10+. The predicted octanol–water partition coefficient (Wildman–Crippen LogP) is 6.65. The van der Waals surface area contributed by atoms with Crippen LogP contribution in [-0.4, -0.2) is 11.7 Å². The monoisotopic (exact) mass is 431 g/mol. The summed E-state index contributed by atoms with van der Waals surface area (Å²) in [6.07, 6.45) is 4.54. The van der Waals surface area contributed by atoms with Crippen LogP contribution in [0.2, 0.25) is 5.02 Å². The summed E-state index contributed by atoms with van der Waals surface area (Å²) < 4.78 is 10.9. The lowest BCUT2D eigenvalue weighted by atomic mass is 10.1. The van der Waals surface area contributed by atoms with E-state index in [-0.39, 0.29) is 11.7 Å². The van der Waals surface area contributed by atoms with E-state index in [1.807, 2.05) is 18.2 Å². The summed E-state index contributed by atoms with van der Waals surface area (Å²) in [7, 11) is 0.